The van der Waals surface area contributed by atoms with Crippen molar-refractivity contribution >= 4 is 5.91 Å². The minimum atomic E-state index is -1.63. The fourth-order valence-electron chi connectivity index (χ4n) is 0.745. The van der Waals surface area contributed by atoms with Crippen LogP contribution in [0.1, 0.15) is 26.2 Å². The van der Waals surface area contributed by atoms with Gasteiger partial charge in [0.25, 0.3) is 6.08 Å². The van der Waals surface area contributed by atoms with Crippen molar-refractivity contribution in [2.24, 2.45) is 0 Å². The van der Waals surface area contributed by atoms with Gasteiger partial charge in [0.2, 0.25) is 5.91 Å². The van der Waals surface area contributed by atoms with Crippen molar-refractivity contribution in [3.63, 3.8) is 0 Å². The normalized spacial score (nSPS) is 9.25. The van der Waals surface area contributed by atoms with Crippen LogP contribution in [0, 0.1) is 0 Å². The van der Waals surface area contributed by atoms with E-state index in [1.165, 1.54) is 6.92 Å². The molecule has 1 amide bonds. The van der Waals surface area contributed by atoms with Crippen molar-refractivity contribution in [3.05, 3.63) is 12.2 Å². The van der Waals surface area contributed by atoms with Crippen LogP contribution in [0.15, 0.2) is 12.2 Å². The molecule has 0 aliphatic carbocycles. The topological polar surface area (TPSA) is 29.1 Å². The first-order valence-electron chi connectivity index (χ1n) is 3.88. The largest absolute Gasteiger partial charge is 0.356 e. The van der Waals surface area contributed by atoms with Gasteiger partial charge in [0.15, 0.2) is 0 Å². The molecule has 0 atom stereocenters. The zero-order valence-corrected chi connectivity index (χ0v) is 7.07. The lowest BCUT2D eigenvalue weighted by atomic mass is 10.2. The van der Waals surface area contributed by atoms with Crippen LogP contribution in [0.25, 0.3) is 0 Å². The van der Waals surface area contributed by atoms with Gasteiger partial charge in [0, 0.05) is 13.5 Å². The molecule has 0 rings (SSSR count). The number of unbranched alkanes of at least 4 members (excludes halogenated alkanes) is 2. The lowest BCUT2D eigenvalue weighted by Crippen LogP contribution is -2.20. The molecule has 0 radical (unpaired) electrons. The van der Waals surface area contributed by atoms with Gasteiger partial charge in [-0.3, -0.25) is 4.79 Å². The quantitative estimate of drug-likeness (QED) is 0.640. The third kappa shape index (κ3) is 9.07. The molecular formula is C8H13F2NO. The van der Waals surface area contributed by atoms with Crippen LogP contribution in [0.3, 0.4) is 0 Å². The molecule has 2 nitrogen and oxygen atoms in total. The van der Waals surface area contributed by atoms with Crippen LogP contribution in [0.2, 0.25) is 0 Å². The van der Waals surface area contributed by atoms with Gasteiger partial charge in [-0.05, 0) is 25.3 Å². The number of allylic oxidation sites excluding steroid dienone is 1. The molecule has 0 aromatic carbocycles. The Morgan fingerprint density at radius 1 is 1.42 bits per heavy atom. The second kappa shape index (κ2) is 6.76. The van der Waals surface area contributed by atoms with Gasteiger partial charge in [0.1, 0.15) is 0 Å². The monoisotopic (exact) mass is 177 g/mol. The zero-order valence-electron chi connectivity index (χ0n) is 7.07. The summed E-state index contributed by atoms with van der Waals surface area (Å²) in [6, 6.07) is 0. The maximum atomic E-state index is 11.5. The molecule has 0 aromatic heterocycles. The molecule has 0 saturated carbocycles. The van der Waals surface area contributed by atoms with Gasteiger partial charge in [-0.2, -0.15) is 8.78 Å². The molecule has 0 saturated heterocycles. The van der Waals surface area contributed by atoms with E-state index in [1.54, 1.807) is 0 Å². The number of nitrogens with one attached hydrogen (secondary N) is 1. The predicted octanol–water partition coefficient (Wildman–Crippen LogP) is 2.07. The van der Waals surface area contributed by atoms with E-state index in [1.807, 2.05) is 0 Å². The second-order valence-corrected chi connectivity index (χ2v) is 2.47. The van der Waals surface area contributed by atoms with Gasteiger partial charge in [-0.25, -0.2) is 0 Å². The summed E-state index contributed by atoms with van der Waals surface area (Å²) in [6.07, 6.45) is 1.06. The molecule has 70 valence electrons. The molecule has 12 heavy (non-hydrogen) atoms. The van der Waals surface area contributed by atoms with E-state index in [2.05, 4.69) is 5.32 Å². The van der Waals surface area contributed by atoms with E-state index >= 15 is 0 Å². The van der Waals surface area contributed by atoms with Crippen LogP contribution in [0.5, 0.6) is 0 Å². The van der Waals surface area contributed by atoms with Gasteiger partial charge in [0.05, 0.1) is 0 Å². The van der Waals surface area contributed by atoms with Crippen LogP contribution in [-0.4, -0.2) is 12.5 Å². The van der Waals surface area contributed by atoms with Crippen LogP contribution >= 0.6 is 0 Å². The first kappa shape index (κ1) is 11.1. The Morgan fingerprint density at radius 3 is 2.58 bits per heavy atom. The first-order valence-corrected chi connectivity index (χ1v) is 3.88. The molecule has 4 heteroatoms. The third-order valence-corrected chi connectivity index (χ3v) is 1.30. The number of carbonyl (C=O) groups excluding carboxylic acids is 1. The Bertz CT molecular complexity index is 164. The van der Waals surface area contributed by atoms with Crippen molar-refractivity contribution < 1.29 is 13.6 Å². The molecule has 1 N–H and O–H groups in total. The molecule has 0 bridgehead atoms. The van der Waals surface area contributed by atoms with Crippen molar-refractivity contribution in [3.8, 4) is 0 Å². The summed E-state index contributed by atoms with van der Waals surface area (Å²) in [7, 11) is 0. The zero-order chi connectivity index (χ0) is 9.40. The SMILES string of the molecule is CC(=O)NCCCCC=C(F)F. The number of rotatable bonds is 5. The highest BCUT2D eigenvalue weighted by Crippen LogP contribution is 2.02. The molecule has 0 spiro atoms. The lowest BCUT2D eigenvalue weighted by molar-refractivity contribution is -0.118. The van der Waals surface area contributed by atoms with Gasteiger partial charge >= 0.3 is 0 Å². The number of hydrogen-bond acceptors (Lipinski definition) is 1. The van der Waals surface area contributed by atoms with Crippen molar-refractivity contribution in [1.29, 1.82) is 0 Å². The maximum absolute atomic E-state index is 11.5. The summed E-state index contributed by atoms with van der Waals surface area (Å²) < 4.78 is 22.9. The number of halogens is 2. The standard InChI is InChI=1S/C8H13F2NO/c1-7(12)11-6-4-2-3-5-8(9)10/h5H,2-4,6H2,1H3,(H,11,12). The van der Waals surface area contributed by atoms with Gasteiger partial charge in [-0.15, -0.1) is 0 Å². The Morgan fingerprint density at radius 2 is 2.08 bits per heavy atom. The summed E-state index contributed by atoms with van der Waals surface area (Å²) in [5, 5.41) is 2.59. The minimum absolute atomic E-state index is 0.0813. The van der Waals surface area contributed by atoms with Crippen molar-refractivity contribution in [1.82, 2.24) is 5.32 Å². The highest BCUT2D eigenvalue weighted by atomic mass is 19.3. The summed E-state index contributed by atoms with van der Waals surface area (Å²) in [6.45, 7) is 2.00. The Hall–Kier alpha value is -0.930. The summed E-state index contributed by atoms with van der Waals surface area (Å²) >= 11 is 0. The van der Waals surface area contributed by atoms with Crippen LogP contribution in [-0.2, 0) is 4.79 Å². The molecule has 0 heterocycles. The molecular weight excluding hydrogens is 164 g/mol. The van der Waals surface area contributed by atoms with Crippen LogP contribution < -0.4 is 5.32 Å². The number of amides is 1. The summed E-state index contributed by atoms with van der Waals surface area (Å²) in [5.74, 6) is -0.0813. The van der Waals surface area contributed by atoms with Crippen LogP contribution in [0.4, 0.5) is 8.78 Å². The molecule has 0 aromatic rings. The van der Waals surface area contributed by atoms with Gasteiger partial charge in [-0.1, -0.05) is 0 Å². The third-order valence-electron chi connectivity index (χ3n) is 1.30. The number of hydrogen-bond donors (Lipinski definition) is 1. The molecule has 0 fully saturated rings. The highest BCUT2D eigenvalue weighted by Gasteiger charge is 1.91. The van der Waals surface area contributed by atoms with E-state index in [9.17, 15) is 13.6 Å². The summed E-state index contributed by atoms with van der Waals surface area (Å²) in [4.78, 5) is 10.3. The van der Waals surface area contributed by atoms with Gasteiger partial charge < -0.3 is 5.32 Å². The van der Waals surface area contributed by atoms with E-state index in [-0.39, 0.29) is 5.91 Å². The number of carbonyl (C=O) groups is 1. The fourth-order valence-corrected chi connectivity index (χ4v) is 0.745. The Balaban J connectivity index is 3.11. The smallest absolute Gasteiger partial charge is 0.266 e. The first-order chi connectivity index (χ1) is 5.63. The summed E-state index contributed by atoms with van der Waals surface area (Å²) in [5.41, 5.74) is 0. The highest BCUT2D eigenvalue weighted by molar-refractivity contribution is 5.72. The minimum Gasteiger partial charge on any atom is -0.356 e. The average Bonchev–Trinajstić information content (AvgIpc) is 1.95. The lowest BCUT2D eigenvalue weighted by Gasteiger charge is -1.98. The Kier molecular flexibility index (Phi) is 6.24. The van der Waals surface area contributed by atoms with E-state index in [4.69, 9.17) is 0 Å². The van der Waals surface area contributed by atoms with Crippen molar-refractivity contribution in [2.45, 2.75) is 26.2 Å². The molecule has 0 aliphatic rings. The molecule has 0 aliphatic heterocycles. The maximum Gasteiger partial charge on any atom is 0.266 e. The van der Waals surface area contributed by atoms with E-state index in [0.29, 0.717) is 19.4 Å². The second-order valence-electron chi connectivity index (χ2n) is 2.47. The van der Waals surface area contributed by atoms with E-state index < -0.39 is 6.08 Å². The average molecular weight is 177 g/mol. The predicted molar refractivity (Wildman–Crippen MR) is 42.8 cm³/mol. The fraction of sp³-hybridized carbons (Fsp3) is 0.625. The molecule has 0 unspecified atom stereocenters. The Labute approximate surface area is 70.6 Å². The van der Waals surface area contributed by atoms with Crippen molar-refractivity contribution in [2.75, 3.05) is 6.54 Å². The van der Waals surface area contributed by atoms with E-state index in [0.717, 1.165) is 12.5 Å².